The summed E-state index contributed by atoms with van der Waals surface area (Å²) in [5, 5.41) is 2.97. The molecule has 1 saturated heterocycles. The molecule has 0 radical (unpaired) electrons. The Morgan fingerprint density at radius 3 is 2.50 bits per heavy atom. The lowest BCUT2D eigenvalue weighted by molar-refractivity contribution is -0.0575. The van der Waals surface area contributed by atoms with Gasteiger partial charge in [0, 0.05) is 18.0 Å². The summed E-state index contributed by atoms with van der Waals surface area (Å²) in [6.07, 6.45) is 0.557. The Morgan fingerprint density at radius 2 is 1.93 bits per heavy atom. The topological polar surface area (TPSA) is 12.0 Å². The van der Waals surface area contributed by atoms with Crippen LogP contribution >= 0.6 is 0 Å². The second-order valence-corrected chi connectivity index (χ2v) is 3.68. The highest BCUT2D eigenvalue weighted by atomic mass is 19.3. The van der Waals surface area contributed by atoms with Crippen molar-refractivity contribution in [3.63, 3.8) is 0 Å². The quantitative estimate of drug-likeness (QED) is 0.767. The summed E-state index contributed by atoms with van der Waals surface area (Å²) in [7, 11) is 0. The van der Waals surface area contributed by atoms with Crippen molar-refractivity contribution in [1.82, 2.24) is 5.32 Å². The summed E-state index contributed by atoms with van der Waals surface area (Å²) in [5.74, 6) is -3.24. The molecule has 1 aromatic carbocycles. The molecule has 0 amide bonds. The number of alkyl halides is 2. The van der Waals surface area contributed by atoms with Crippen LogP contribution in [0.5, 0.6) is 0 Å². The molecule has 2 rings (SSSR count). The molecule has 1 heterocycles. The molecule has 76 valence electrons. The maximum atomic E-state index is 13.8. The largest absolute Gasteiger partial charge is 0.316 e. The Bertz CT molecular complexity index is 291. The van der Waals surface area contributed by atoms with Crippen molar-refractivity contribution in [1.29, 1.82) is 0 Å². The second kappa shape index (κ2) is 3.65. The second-order valence-electron chi connectivity index (χ2n) is 3.68. The zero-order valence-electron chi connectivity index (χ0n) is 7.84. The van der Waals surface area contributed by atoms with Gasteiger partial charge in [-0.05, 0) is 13.0 Å². The van der Waals surface area contributed by atoms with Gasteiger partial charge in [-0.15, -0.1) is 0 Å². The molecule has 1 N–H and O–H groups in total. The van der Waals surface area contributed by atoms with Crippen molar-refractivity contribution in [2.45, 2.75) is 12.3 Å². The number of halogens is 2. The standard InChI is InChI=1S/C11H13F2N/c12-11(13,10-6-7-14-8-10)9-4-2-1-3-5-9/h1-5,10,14H,6-8H2. The van der Waals surface area contributed by atoms with Crippen LogP contribution in [0.4, 0.5) is 8.78 Å². The third-order valence-electron chi connectivity index (χ3n) is 2.73. The van der Waals surface area contributed by atoms with Crippen LogP contribution in [0, 0.1) is 5.92 Å². The Labute approximate surface area is 82.1 Å². The first-order valence-corrected chi connectivity index (χ1v) is 4.85. The van der Waals surface area contributed by atoms with Crippen LogP contribution in [0.2, 0.25) is 0 Å². The van der Waals surface area contributed by atoms with Gasteiger partial charge in [0.2, 0.25) is 0 Å². The number of hydrogen-bond acceptors (Lipinski definition) is 1. The molecule has 1 aromatic rings. The summed E-state index contributed by atoms with van der Waals surface area (Å²) in [4.78, 5) is 0. The summed E-state index contributed by atoms with van der Waals surface area (Å²) in [6.45, 7) is 1.12. The smallest absolute Gasteiger partial charge is 0.277 e. The number of rotatable bonds is 2. The molecule has 0 aromatic heterocycles. The van der Waals surface area contributed by atoms with Gasteiger partial charge in [0.1, 0.15) is 0 Å². The van der Waals surface area contributed by atoms with E-state index in [4.69, 9.17) is 0 Å². The Hall–Kier alpha value is -0.960. The van der Waals surface area contributed by atoms with E-state index in [1.165, 1.54) is 12.1 Å². The van der Waals surface area contributed by atoms with Gasteiger partial charge in [-0.1, -0.05) is 30.3 Å². The molecule has 1 unspecified atom stereocenters. The SMILES string of the molecule is FC(F)(c1ccccc1)C1CCNC1. The minimum atomic E-state index is -2.69. The molecule has 0 bridgehead atoms. The third-order valence-corrected chi connectivity index (χ3v) is 2.73. The fourth-order valence-corrected chi connectivity index (χ4v) is 1.86. The van der Waals surface area contributed by atoms with E-state index in [2.05, 4.69) is 5.32 Å². The van der Waals surface area contributed by atoms with Gasteiger partial charge in [0.05, 0.1) is 0 Å². The van der Waals surface area contributed by atoms with Crippen molar-refractivity contribution < 1.29 is 8.78 Å². The van der Waals surface area contributed by atoms with E-state index in [-0.39, 0.29) is 5.56 Å². The molecular weight excluding hydrogens is 184 g/mol. The monoisotopic (exact) mass is 197 g/mol. The first-order chi connectivity index (χ1) is 6.71. The maximum Gasteiger partial charge on any atom is 0.277 e. The highest BCUT2D eigenvalue weighted by Crippen LogP contribution is 2.38. The van der Waals surface area contributed by atoms with Crippen molar-refractivity contribution in [2.24, 2.45) is 5.92 Å². The molecule has 1 nitrogen and oxygen atoms in total. The summed E-state index contributed by atoms with van der Waals surface area (Å²) in [5.41, 5.74) is 0.133. The molecule has 1 aliphatic heterocycles. The van der Waals surface area contributed by atoms with E-state index in [0.717, 1.165) is 0 Å². The zero-order chi connectivity index (χ0) is 10.0. The van der Waals surface area contributed by atoms with Crippen molar-refractivity contribution >= 4 is 0 Å². The van der Waals surface area contributed by atoms with Gasteiger partial charge in [-0.3, -0.25) is 0 Å². The van der Waals surface area contributed by atoms with E-state index >= 15 is 0 Å². The lowest BCUT2D eigenvalue weighted by Gasteiger charge is -2.22. The van der Waals surface area contributed by atoms with Crippen molar-refractivity contribution in [3.8, 4) is 0 Å². The van der Waals surface area contributed by atoms with Gasteiger partial charge in [-0.25, -0.2) is 8.78 Å². The minimum Gasteiger partial charge on any atom is -0.316 e. The summed E-state index contributed by atoms with van der Waals surface area (Å²) >= 11 is 0. The van der Waals surface area contributed by atoms with E-state index in [1.807, 2.05) is 0 Å². The first kappa shape index (κ1) is 9.59. The van der Waals surface area contributed by atoms with Crippen molar-refractivity contribution in [2.75, 3.05) is 13.1 Å². The molecular formula is C11H13F2N. The summed E-state index contributed by atoms with van der Waals surface area (Å²) in [6, 6.07) is 8.07. The van der Waals surface area contributed by atoms with Crippen LogP contribution in [0.15, 0.2) is 30.3 Å². The average Bonchev–Trinajstić information content (AvgIpc) is 2.72. The van der Waals surface area contributed by atoms with Gasteiger partial charge >= 0.3 is 0 Å². The highest BCUT2D eigenvalue weighted by molar-refractivity contribution is 5.21. The fraction of sp³-hybridized carbons (Fsp3) is 0.455. The lowest BCUT2D eigenvalue weighted by atomic mass is 9.94. The Morgan fingerprint density at radius 1 is 1.21 bits per heavy atom. The van der Waals surface area contributed by atoms with Crippen LogP contribution in [-0.2, 0) is 5.92 Å². The molecule has 1 aliphatic rings. The highest BCUT2D eigenvalue weighted by Gasteiger charge is 2.42. The molecule has 0 aliphatic carbocycles. The van der Waals surface area contributed by atoms with Gasteiger partial charge in [0.15, 0.2) is 0 Å². The average molecular weight is 197 g/mol. The normalized spacial score (nSPS) is 22.6. The molecule has 0 saturated carbocycles. The van der Waals surface area contributed by atoms with Crippen LogP contribution in [0.3, 0.4) is 0 Å². The number of nitrogens with one attached hydrogen (secondary N) is 1. The predicted octanol–water partition coefficient (Wildman–Crippen LogP) is 2.39. The first-order valence-electron chi connectivity index (χ1n) is 4.85. The van der Waals surface area contributed by atoms with E-state index in [1.54, 1.807) is 18.2 Å². The molecule has 1 atom stereocenters. The fourth-order valence-electron chi connectivity index (χ4n) is 1.86. The molecule has 1 fully saturated rings. The van der Waals surface area contributed by atoms with E-state index in [0.29, 0.717) is 19.5 Å². The molecule has 3 heteroatoms. The third kappa shape index (κ3) is 1.64. The lowest BCUT2D eigenvalue weighted by Crippen LogP contribution is -2.27. The molecule has 0 spiro atoms. The van der Waals surface area contributed by atoms with Crippen molar-refractivity contribution in [3.05, 3.63) is 35.9 Å². The molecule has 14 heavy (non-hydrogen) atoms. The minimum absolute atomic E-state index is 0.133. The number of benzene rings is 1. The summed E-state index contributed by atoms with van der Waals surface area (Å²) < 4.78 is 27.6. The Kier molecular flexibility index (Phi) is 2.50. The zero-order valence-corrected chi connectivity index (χ0v) is 7.84. The number of hydrogen-bond donors (Lipinski definition) is 1. The predicted molar refractivity (Wildman–Crippen MR) is 51.3 cm³/mol. The van der Waals surface area contributed by atoms with E-state index in [9.17, 15) is 8.78 Å². The van der Waals surface area contributed by atoms with Crippen LogP contribution in [0.25, 0.3) is 0 Å². The maximum absolute atomic E-state index is 13.8. The van der Waals surface area contributed by atoms with Crippen LogP contribution < -0.4 is 5.32 Å². The van der Waals surface area contributed by atoms with E-state index < -0.39 is 11.8 Å². The van der Waals surface area contributed by atoms with Gasteiger partial charge in [0.25, 0.3) is 5.92 Å². The van der Waals surface area contributed by atoms with Crippen LogP contribution in [0.1, 0.15) is 12.0 Å². The Balaban J connectivity index is 2.22. The van der Waals surface area contributed by atoms with Crippen LogP contribution in [-0.4, -0.2) is 13.1 Å². The van der Waals surface area contributed by atoms with Gasteiger partial charge in [-0.2, -0.15) is 0 Å². The van der Waals surface area contributed by atoms with Gasteiger partial charge < -0.3 is 5.32 Å².